The van der Waals surface area contributed by atoms with E-state index in [1.807, 2.05) is 0 Å². The van der Waals surface area contributed by atoms with Gasteiger partial charge < -0.3 is 4.28 Å². The quantitative estimate of drug-likeness (QED) is 0.241. The summed E-state index contributed by atoms with van der Waals surface area (Å²) in [5.41, 5.74) is 0. The molecule has 0 aromatic heterocycles. The topological polar surface area (TPSA) is 0 Å². The Morgan fingerprint density at radius 1 is 0.242 bits per heavy atom. The van der Waals surface area contributed by atoms with Crippen LogP contribution >= 0.6 is 0 Å². The minimum atomic E-state index is 0. The molecule has 33 heavy (non-hydrogen) atoms. The van der Waals surface area contributed by atoms with E-state index in [-0.39, 0.29) is 399 Å². The molecule has 0 rings (SSSR count). The molecule has 0 aliphatic rings. The standard InChI is InChI=1S/21CH4.2AsH3.2Bi.2Cu.2Fe.2Ni.2Sb.15H/h21*1H4;2*1H3;;;;;;;;;;;;;;;;;;;;;;;;;/q;;;;;;;;;;;;;;;;;;;;;;;;;;;;;;;;;3*-1;;;;;;;;;;;;/i;;;;;;;;;;;;;;;;;;;;;;;;;;;;;;;;;3*1+2;;;;;;;;;;;;. The first-order valence-corrected chi connectivity index (χ1v) is 0. The Morgan fingerprint density at radius 2 is 0.242 bits per heavy atom. The SMILES string of the molecule is C.C.C.C.C.C.C.C.C.C.C.C.C.C.C.C.C.C.C.C.C.[3H-].[3H-].[3H-].[AsH3].[AsH3].[BiH3].[BiH3].[Cu].[Cu].[Fe].[Fe].[Ni].[Ni].[SbH3].[SbH3]. The second kappa shape index (κ2) is 1020. The van der Waals surface area contributed by atoms with E-state index in [1.54, 1.807) is 0 Å². The molecule has 0 aliphatic heterocycles. The van der Waals surface area contributed by atoms with Gasteiger partial charge in [0, 0.05) is 101 Å². The summed E-state index contributed by atoms with van der Waals surface area (Å²) in [6, 6.07) is 0. The van der Waals surface area contributed by atoms with Crippen molar-refractivity contribution in [2.75, 3.05) is 0 Å². The molecule has 0 heterocycles. The van der Waals surface area contributed by atoms with Crippen LogP contribution in [0.1, 0.15) is 160 Å². The summed E-state index contributed by atoms with van der Waals surface area (Å²) >= 11 is 0. The Morgan fingerprint density at radius 3 is 0.242 bits per heavy atom. The van der Waals surface area contributed by atoms with Gasteiger partial charge in [-0.3, -0.25) is 0 Å². The van der Waals surface area contributed by atoms with Crippen LogP contribution in [0, 0.1) is 0 Å². The summed E-state index contributed by atoms with van der Waals surface area (Å²) in [5, 5.41) is 0. The van der Waals surface area contributed by atoms with Crippen molar-refractivity contribution in [2.45, 2.75) is 156 Å². The van der Waals surface area contributed by atoms with Crippen LogP contribution in [-0.2, 0) is 101 Å². The van der Waals surface area contributed by atoms with E-state index < -0.39 is 0 Å². The fraction of sp³-hybridized carbons (Fsp3) is 1.00. The van der Waals surface area contributed by atoms with Crippen molar-refractivity contribution in [3.05, 3.63) is 0 Å². The van der Waals surface area contributed by atoms with E-state index in [0.717, 1.165) is 0 Å². The molecule has 0 bridgehead atoms. The predicted molar refractivity (Wildman–Crippen MR) is 204 cm³/mol. The third-order valence-electron chi connectivity index (χ3n) is 0. The molecule has 0 saturated carbocycles. The summed E-state index contributed by atoms with van der Waals surface area (Å²) in [7, 11) is 0. The van der Waals surface area contributed by atoms with Crippen LogP contribution in [0.3, 0.4) is 0 Å². The molecule has 0 aromatic rings. The van der Waals surface area contributed by atoms with Gasteiger partial charge in [0.2, 0.25) is 0 Å². The van der Waals surface area contributed by atoms with Crippen molar-refractivity contribution in [3.63, 3.8) is 0 Å². The first-order valence-electron chi connectivity index (χ1n) is 0. The maximum atomic E-state index is 0. The monoisotopic (exact) mass is 1530 g/mol. The summed E-state index contributed by atoms with van der Waals surface area (Å²) < 4.78 is 0. The van der Waals surface area contributed by atoms with E-state index in [2.05, 4.69) is 0 Å². The summed E-state index contributed by atoms with van der Waals surface area (Å²) in [5.74, 6) is 0. The number of hydrogen-bond acceptors (Lipinski definition) is 0. The van der Waals surface area contributed by atoms with Crippen LogP contribution in [-0.4, -0.2) is 137 Å². The second-order valence-electron chi connectivity index (χ2n) is 0. The third kappa shape index (κ3) is 972. The van der Waals surface area contributed by atoms with E-state index in [9.17, 15) is 0 Å². The number of hydrogen-bond donors (Lipinski definition) is 0. The maximum absolute atomic E-state index is 0. The van der Waals surface area contributed by atoms with E-state index in [4.69, 9.17) is 0 Å². The molecule has 0 amide bonds. The summed E-state index contributed by atoms with van der Waals surface area (Å²) in [6.45, 7) is 0. The molecule has 0 N–H and O–H groups in total. The average molecular weight is 1530 g/mol. The summed E-state index contributed by atoms with van der Waals surface area (Å²) in [4.78, 5) is 0. The molecule has 12 heteroatoms. The zero-order valence-electron chi connectivity index (χ0n) is 9.19. The summed E-state index contributed by atoms with van der Waals surface area (Å²) in [6.07, 6.45) is 0. The van der Waals surface area contributed by atoms with Crippen molar-refractivity contribution in [3.8, 4) is 0 Å². The Balaban J connectivity index is 0. The van der Waals surface area contributed by atoms with Gasteiger partial charge in [0.1, 0.15) is 0 Å². The molecule has 280 valence electrons. The van der Waals surface area contributed by atoms with Crippen molar-refractivity contribution >= 4 is 137 Å². The van der Waals surface area contributed by atoms with Crippen LogP contribution in [0.4, 0.5) is 0 Å². The van der Waals surface area contributed by atoms with Gasteiger partial charge in [-0.25, -0.2) is 0 Å². The molecule has 0 spiro atoms. The van der Waals surface area contributed by atoms with E-state index in [0.29, 0.717) is 0 Å². The molecule has 0 saturated heterocycles. The van der Waals surface area contributed by atoms with E-state index >= 15 is 0 Å². The van der Waals surface area contributed by atoms with Crippen LogP contribution in [0.5, 0.6) is 0 Å². The Kier molecular flexibility index (Phi) is 34300. The molecular formula is C21H105As2Bi2Cu2Fe2Ni2Sb2-3. The van der Waals surface area contributed by atoms with Crippen LogP contribution < -0.4 is 0 Å². The van der Waals surface area contributed by atoms with Crippen molar-refractivity contribution in [1.29, 1.82) is 0 Å². The Bertz CT molecular complexity index is 77.1. The van der Waals surface area contributed by atoms with Gasteiger partial charge in [0.05, 0.1) is 0 Å². The number of rotatable bonds is 0. The van der Waals surface area contributed by atoms with Gasteiger partial charge >= 0.3 is 137 Å². The molecule has 0 aromatic carbocycles. The molecule has 2 unspecified atom stereocenters. The van der Waals surface area contributed by atoms with Gasteiger partial charge in [-0.05, 0) is 0 Å². The van der Waals surface area contributed by atoms with Gasteiger partial charge in [0.15, 0.2) is 0 Å². The van der Waals surface area contributed by atoms with Gasteiger partial charge in [-0.2, -0.15) is 0 Å². The van der Waals surface area contributed by atoms with Crippen LogP contribution in [0.15, 0.2) is 0 Å². The normalized spacial score (nSPS) is 0. The van der Waals surface area contributed by atoms with Crippen LogP contribution in [0.2, 0.25) is 0 Å². The Hall–Kier alpha value is 7.58. The zero-order chi connectivity index (χ0) is 0. The fourth-order valence-corrected chi connectivity index (χ4v) is 0. The van der Waals surface area contributed by atoms with E-state index in [1.165, 1.54) is 0 Å². The zero-order valence-corrected chi connectivity index (χ0v) is 37.3. The van der Waals surface area contributed by atoms with Crippen molar-refractivity contribution < 1.29 is 106 Å². The first kappa shape index (κ1) is 1110. The Labute approximate surface area is 392 Å². The van der Waals surface area contributed by atoms with Gasteiger partial charge in [-0.15, -0.1) is 0 Å². The average Bonchev–Trinajstić information content (AvgIpc) is 0. The fourth-order valence-electron chi connectivity index (χ4n) is 0. The van der Waals surface area contributed by atoms with Crippen molar-refractivity contribution in [1.82, 2.24) is 0 Å². The minimum absolute atomic E-state index is 0. The molecule has 2 atom stereocenters. The molecule has 2 radical (unpaired) electrons. The van der Waals surface area contributed by atoms with Gasteiger partial charge in [-0.1, -0.05) is 156 Å². The third-order valence-corrected chi connectivity index (χ3v) is 0. The van der Waals surface area contributed by atoms with Crippen molar-refractivity contribution in [2.24, 2.45) is 0 Å². The molecule has 0 fully saturated rings. The molecule has 0 aliphatic carbocycles. The predicted octanol–water partition coefficient (Wildman–Crippen LogP) is 6.58. The second-order valence-corrected chi connectivity index (χ2v) is 0. The van der Waals surface area contributed by atoms with Gasteiger partial charge in [0.25, 0.3) is 0 Å². The molecular weight excluding hydrogens is 1420 g/mol. The first-order chi connectivity index (χ1) is 0. The molecule has 0 nitrogen and oxygen atoms in total. The van der Waals surface area contributed by atoms with Crippen LogP contribution in [0.25, 0.3) is 0 Å².